The van der Waals surface area contributed by atoms with Gasteiger partial charge in [0.05, 0.1) is 18.7 Å². The van der Waals surface area contributed by atoms with Gasteiger partial charge in [0.25, 0.3) is 0 Å². The molecule has 5 heteroatoms. The molecule has 1 amide bonds. The molecule has 0 aliphatic carbocycles. The molecule has 0 bridgehead atoms. The first-order valence-electron chi connectivity index (χ1n) is 8.85. The topological polar surface area (TPSA) is 51.2 Å². The van der Waals surface area contributed by atoms with Crippen LogP contribution in [0.2, 0.25) is 0 Å². The van der Waals surface area contributed by atoms with Crippen LogP contribution in [0.25, 0.3) is 11.1 Å². The monoisotopic (exact) mass is 364 g/mol. The van der Waals surface area contributed by atoms with E-state index in [1.54, 1.807) is 12.1 Å². The summed E-state index contributed by atoms with van der Waals surface area (Å²) in [6, 6.07) is 19.8. The summed E-state index contributed by atoms with van der Waals surface area (Å²) >= 11 is 0. The Morgan fingerprint density at radius 1 is 1.07 bits per heavy atom. The van der Waals surface area contributed by atoms with Crippen LogP contribution in [0.4, 0.5) is 4.39 Å². The van der Waals surface area contributed by atoms with Gasteiger partial charge < -0.3 is 10.1 Å². The molecule has 4 nitrogen and oxygen atoms in total. The highest BCUT2D eigenvalue weighted by Gasteiger charge is 2.11. The normalized spacial score (nSPS) is 10.4. The number of pyridine rings is 1. The van der Waals surface area contributed by atoms with E-state index in [-0.39, 0.29) is 24.7 Å². The Bertz CT molecular complexity index is 913. The zero-order chi connectivity index (χ0) is 19.1. The predicted molar refractivity (Wildman–Crippen MR) is 103 cm³/mol. The van der Waals surface area contributed by atoms with E-state index in [9.17, 15) is 9.18 Å². The van der Waals surface area contributed by atoms with Gasteiger partial charge in [0.15, 0.2) is 0 Å². The van der Waals surface area contributed by atoms with Gasteiger partial charge >= 0.3 is 0 Å². The quantitative estimate of drug-likeness (QED) is 0.685. The van der Waals surface area contributed by atoms with Gasteiger partial charge in [0.2, 0.25) is 11.8 Å². The molecule has 0 fully saturated rings. The molecule has 3 rings (SSSR count). The van der Waals surface area contributed by atoms with E-state index >= 15 is 0 Å². The highest BCUT2D eigenvalue weighted by Crippen LogP contribution is 2.28. The Morgan fingerprint density at radius 3 is 2.63 bits per heavy atom. The summed E-state index contributed by atoms with van der Waals surface area (Å²) in [6.07, 6.45) is 0.129. The largest absolute Gasteiger partial charge is 0.478 e. The number of hydrogen-bond acceptors (Lipinski definition) is 3. The second-order valence-electron chi connectivity index (χ2n) is 6.04. The van der Waals surface area contributed by atoms with Crippen LogP contribution in [0.5, 0.6) is 5.88 Å². The van der Waals surface area contributed by atoms with Crippen molar-refractivity contribution in [3.63, 3.8) is 0 Å². The molecule has 0 unspecified atom stereocenters. The number of nitrogens with zero attached hydrogens (tertiary/aromatic N) is 1. The Kier molecular flexibility index (Phi) is 6.15. The zero-order valence-corrected chi connectivity index (χ0v) is 15.1. The summed E-state index contributed by atoms with van der Waals surface area (Å²) in [5, 5.41) is 2.79. The molecule has 1 heterocycles. The van der Waals surface area contributed by atoms with Crippen LogP contribution in [-0.4, -0.2) is 17.5 Å². The van der Waals surface area contributed by atoms with Gasteiger partial charge in [-0.15, -0.1) is 0 Å². The fourth-order valence-corrected chi connectivity index (χ4v) is 2.74. The fourth-order valence-electron chi connectivity index (χ4n) is 2.74. The van der Waals surface area contributed by atoms with Crippen molar-refractivity contribution in [3.05, 3.63) is 83.8 Å². The van der Waals surface area contributed by atoms with Gasteiger partial charge in [-0.2, -0.15) is 0 Å². The number of benzene rings is 2. The molecule has 0 aliphatic heterocycles. The number of rotatable bonds is 7. The third kappa shape index (κ3) is 5.14. The number of halogens is 1. The van der Waals surface area contributed by atoms with E-state index in [1.807, 2.05) is 49.4 Å². The van der Waals surface area contributed by atoms with Crippen molar-refractivity contribution in [2.45, 2.75) is 19.9 Å². The Morgan fingerprint density at radius 2 is 1.89 bits per heavy atom. The Hall–Kier alpha value is -3.21. The highest BCUT2D eigenvalue weighted by molar-refractivity contribution is 5.78. The standard InChI is InChI=1S/C22H21FN2O2/c1-2-27-22-20(17-8-4-3-5-9-17)12-11-19(25-22)14-21(26)24-15-16-7-6-10-18(23)13-16/h3-13H,2,14-15H2,1H3,(H,24,26). The molecule has 0 saturated carbocycles. The lowest BCUT2D eigenvalue weighted by Gasteiger charge is -2.11. The molecule has 0 atom stereocenters. The molecule has 0 spiro atoms. The van der Waals surface area contributed by atoms with Gasteiger partial charge in [-0.1, -0.05) is 42.5 Å². The van der Waals surface area contributed by atoms with E-state index in [0.717, 1.165) is 11.1 Å². The Balaban J connectivity index is 1.69. The molecule has 0 aliphatic rings. The second kappa shape index (κ2) is 8.94. The van der Waals surface area contributed by atoms with Gasteiger partial charge in [-0.05, 0) is 42.3 Å². The van der Waals surface area contributed by atoms with Crippen molar-refractivity contribution in [1.29, 1.82) is 0 Å². The number of amides is 1. The number of ether oxygens (including phenoxy) is 1. The zero-order valence-electron chi connectivity index (χ0n) is 15.1. The van der Waals surface area contributed by atoms with Gasteiger partial charge in [-0.3, -0.25) is 4.79 Å². The maximum Gasteiger partial charge on any atom is 0.226 e. The molecule has 3 aromatic rings. The molecule has 1 aromatic heterocycles. The van der Waals surface area contributed by atoms with Gasteiger partial charge in [0, 0.05) is 12.1 Å². The number of nitrogens with one attached hydrogen (secondary N) is 1. The molecule has 2 aromatic carbocycles. The summed E-state index contributed by atoms with van der Waals surface area (Å²) in [6.45, 7) is 2.66. The van der Waals surface area contributed by atoms with E-state index < -0.39 is 0 Å². The van der Waals surface area contributed by atoms with Crippen molar-refractivity contribution < 1.29 is 13.9 Å². The maximum absolute atomic E-state index is 13.2. The van der Waals surface area contributed by atoms with Crippen LogP contribution < -0.4 is 10.1 Å². The minimum Gasteiger partial charge on any atom is -0.478 e. The van der Waals surface area contributed by atoms with Crippen LogP contribution >= 0.6 is 0 Å². The summed E-state index contributed by atoms with van der Waals surface area (Å²) in [7, 11) is 0. The van der Waals surface area contributed by atoms with E-state index in [4.69, 9.17) is 4.74 Å². The lowest BCUT2D eigenvalue weighted by atomic mass is 10.1. The molecule has 1 N–H and O–H groups in total. The smallest absolute Gasteiger partial charge is 0.226 e. The molecule has 0 radical (unpaired) electrons. The summed E-state index contributed by atoms with van der Waals surface area (Å²) in [5.41, 5.74) is 3.23. The minimum absolute atomic E-state index is 0.129. The average Bonchev–Trinajstić information content (AvgIpc) is 2.68. The number of aromatic nitrogens is 1. The van der Waals surface area contributed by atoms with Crippen LogP contribution in [0.15, 0.2) is 66.7 Å². The van der Waals surface area contributed by atoms with Gasteiger partial charge in [-0.25, -0.2) is 9.37 Å². The number of carbonyl (C=O) groups is 1. The van der Waals surface area contributed by atoms with Crippen molar-refractivity contribution in [3.8, 4) is 17.0 Å². The molecule has 138 valence electrons. The highest BCUT2D eigenvalue weighted by atomic mass is 19.1. The van der Waals surface area contributed by atoms with E-state index in [1.165, 1.54) is 12.1 Å². The van der Waals surface area contributed by atoms with Crippen LogP contribution in [0.1, 0.15) is 18.2 Å². The average molecular weight is 364 g/mol. The summed E-state index contributed by atoms with van der Waals surface area (Å²) in [5.74, 6) is 0.0158. The first-order chi connectivity index (χ1) is 13.2. The third-order valence-electron chi connectivity index (χ3n) is 4.00. The van der Waals surface area contributed by atoms with Crippen molar-refractivity contribution in [2.75, 3.05) is 6.61 Å². The lowest BCUT2D eigenvalue weighted by molar-refractivity contribution is -0.120. The van der Waals surface area contributed by atoms with Crippen molar-refractivity contribution >= 4 is 5.91 Å². The summed E-state index contributed by atoms with van der Waals surface area (Å²) in [4.78, 5) is 16.7. The van der Waals surface area contributed by atoms with Gasteiger partial charge in [0.1, 0.15) is 5.82 Å². The molecular weight excluding hydrogens is 343 g/mol. The SMILES string of the molecule is CCOc1nc(CC(=O)NCc2cccc(F)c2)ccc1-c1ccccc1. The minimum atomic E-state index is -0.318. The predicted octanol–water partition coefficient (Wildman–Crippen LogP) is 4.15. The fraction of sp³-hybridized carbons (Fsp3) is 0.182. The van der Waals surface area contributed by atoms with E-state index in [0.29, 0.717) is 23.7 Å². The molecular formula is C22H21FN2O2. The van der Waals surface area contributed by atoms with E-state index in [2.05, 4.69) is 10.3 Å². The van der Waals surface area contributed by atoms with Crippen molar-refractivity contribution in [1.82, 2.24) is 10.3 Å². The van der Waals surface area contributed by atoms with Crippen LogP contribution in [-0.2, 0) is 17.8 Å². The number of hydrogen-bond donors (Lipinski definition) is 1. The van der Waals surface area contributed by atoms with Crippen molar-refractivity contribution in [2.24, 2.45) is 0 Å². The first-order valence-corrected chi connectivity index (χ1v) is 8.85. The van der Waals surface area contributed by atoms with Crippen LogP contribution in [0, 0.1) is 5.82 Å². The van der Waals surface area contributed by atoms with Crippen LogP contribution in [0.3, 0.4) is 0 Å². The second-order valence-corrected chi connectivity index (χ2v) is 6.04. The summed E-state index contributed by atoms with van der Waals surface area (Å²) < 4.78 is 18.9. The Labute approximate surface area is 158 Å². The maximum atomic E-state index is 13.2. The first kappa shape index (κ1) is 18.6. The lowest BCUT2D eigenvalue weighted by Crippen LogP contribution is -2.25. The molecule has 0 saturated heterocycles. The molecule has 27 heavy (non-hydrogen) atoms. The third-order valence-corrected chi connectivity index (χ3v) is 4.00. The number of carbonyl (C=O) groups excluding carboxylic acids is 1.